The summed E-state index contributed by atoms with van der Waals surface area (Å²) in [6, 6.07) is -0.879. The third-order valence-electron chi connectivity index (χ3n) is 14.8. The molecular formula is C76H132N2O7P+. The summed E-state index contributed by atoms with van der Waals surface area (Å²) >= 11 is 0. The van der Waals surface area contributed by atoms with Crippen LogP contribution in [0.3, 0.4) is 0 Å². The second-order valence-corrected chi connectivity index (χ2v) is 25.8. The summed E-state index contributed by atoms with van der Waals surface area (Å²) in [5.41, 5.74) is 0. The maximum Gasteiger partial charge on any atom is 0.472 e. The van der Waals surface area contributed by atoms with Crippen molar-refractivity contribution >= 4 is 19.7 Å². The molecule has 1 amide bonds. The number of carbonyl (C=O) groups excluding carboxylic acids is 2. The van der Waals surface area contributed by atoms with Crippen LogP contribution in [-0.2, 0) is 27.9 Å². The third kappa shape index (κ3) is 64.6. The smallest absolute Gasteiger partial charge is 0.456 e. The minimum Gasteiger partial charge on any atom is -0.456 e. The van der Waals surface area contributed by atoms with Crippen molar-refractivity contribution in [2.45, 2.75) is 296 Å². The molecule has 0 spiro atoms. The minimum atomic E-state index is -4.47. The lowest BCUT2D eigenvalue weighted by molar-refractivity contribution is -0.870. The molecule has 492 valence electrons. The monoisotopic (exact) mass is 1220 g/mol. The van der Waals surface area contributed by atoms with Crippen LogP contribution in [0.2, 0.25) is 0 Å². The van der Waals surface area contributed by atoms with E-state index in [2.05, 4.69) is 148 Å². The van der Waals surface area contributed by atoms with Crippen molar-refractivity contribution in [2.24, 2.45) is 0 Å². The lowest BCUT2D eigenvalue weighted by Gasteiger charge is -2.27. The van der Waals surface area contributed by atoms with Crippen LogP contribution in [0.5, 0.6) is 0 Å². The van der Waals surface area contributed by atoms with Crippen LogP contribution in [0.25, 0.3) is 0 Å². The first-order chi connectivity index (χ1) is 41.9. The van der Waals surface area contributed by atoms with Gasteiger partial charge in [-0.25, -0.2) is 4.57 Å². The number of esters is 1. The van der Waals surface area contributed by atoms with Gasteiger partial charge in [0.15, 0.2) is 0 Å². The zero-order chi connectivity index (χ0) is 62.8. The number of rotatable bonds is 62. The fourth-order valence-corrected chi connectivity index (χ4v) is 10.2. The first-order valence-corrected chi connectivity index (χ1v) is 36.5. The number of allylic oxidation sites excluding steroid dienone is 21. The number of nitrogens with one attached hydrogen (secondary N) is 1. The second-order valence-electron chi connectivity index (χ2n) is 24.3. The second kappa shape index (κ2) is 64.1. The van der Waals surface area contributed by atoms with Gasteiger partial charge in [0.25, 0.3) is 0 Å². The van der Waals surface area contributed by atoms with Gasteiger partial charge in [0.2, 0.25) is 5.91 Å². The molecule has 0 bridgehead atoms. The number of carbonyl (C=O) groups is 2. The number of unbranched alkanes of at least 4 members (excludes halogenated alkanes) is 26. The first kappa shape index (κ1) is 82.1. The molecule has 2 N–H and O–H groups in total. The van der Waals surface area contributed by atoms with E-state index >= 15 is 0 Å². The summed E-state index contributed by atoms with van der Waals surface area (Å²) in [4.78, 5) is 37.9. The highest BCUT2D eigenvalue weighted by Gasteiger charge is 2.30. The average molecular weight is 1220 g/mol. The number of amides is 1. The van der Waals surface area contributed by atoms with Crippen LogP contribution in [-0.4, -0.2) is 74.3 Å². The molecule has 3 atom stereocenters. The van der Waals surface area contributed by atoms with Gasteiger partial charge in [-0.05, 0) is 128 Å². The maximum absolute atomic E-state index is 13.6. The van der Waals surface area contributed by atoms with Crippen molar-refractivity contribution in [3.8, 4) is 0 Å². The standard InChI is InChI=1S/C76H131N2O7P/c1-7-10-13-16-19-22-25-28-30-32-34-36-37-38-39-40-41-43-44-46-48-50-53-56-59-62-65-68-75(79)77-73(72-84-86(81,82)83-71-70-78(4,5)6)74(67-64-61-58-55-52-27-24-21-18-15-12-9-3)85-76(80)69-66-63-60-57-54-51-49-47-45-42-35-33-31-29-26-23-20-17-14-11-8-2/h11,14,19-20,22-23,28-31,34-36,38-39,42,47,49,54,57,64,67,73-74H,7-10,12-13,15-18,21,24-27,32-33,37,40-41,43-46,48,50-53,55-56,58-63,65-66,68-72H2,1-6H3,(H-,77,79,81,82)/p+1/b14-11-,22-19-,23-20-,30-28-,31-29-,36-34-,39-38-,42-35-,49-47-,57-54-,67-64-. The molecule has 0 aliphatic rings. The molecule has 0 saturated carbocycles. The fraction of sp³-hybridized carbons (Fsp3) is 0.684. The molecule has 3 unspecified atom stereocenters. The highest BCUT2D eigenvalue weighted by Crippen LogP contribution is 2.43. The lowest BCUT2D eigenvalue weighted by Crippen LogP contribution is -2.47. The van der Waals surface area contributed by atoms with Gasteiger partial charge in [0.05, 0.1) is 33.8 Å². The first-order valence-electron chi connectivity index (χ1n) is 35.0. The van der Waals surface area contributed by atoms with Crippen LogP contribution in [0.15, 0.2) is 134 Å². The Balaban J connectivity index is 5.16. The summed E-state index contributed by atoms with van der Waals surface area (Å²) in [6.45, 7) is 6.84. The molecule has 0 heterocycles. The van der Waals surface area contributed by atoms with Crippen LogP contribution >= 0.6 is 7.82 Å². The molecule has 0 rings (SSSR count). The molecule has 0 fully saturated rings. The van der Waals surface area contributed by atoms with E-state index in [1.165, 1.54) is 128 Å². The van der Waals surface area contributed by atoms with E-state index in [1.807, 2.05) is 33.3 Å². The highest BCUT2D eigenvalue weighted by atomic mass is 31.2. The van der Waals surface area contributed by atoms with Crippen molar-refractivity contribution in [3.63, 3.8) is 0 Å². The summed E-state index contributed by atoms with van der Waals surface area (Å²) < 4.78 is 30.8. The summed E-state index contributed by atoms with van der Waals surface area (Å²) in [5, 5.41) is 3.05. The van der Waals surface area contributed by atoms with Gasteiger partial charge >= 0.3 is 13.8 Å². The number of nitrogens with zero attached hydrogens (tertiary/aromatic N) is 1. The Kier molecular flexibility index (Phi) is 61.3. The molecule has 0 aliphatic carbocycles. The molecule has 0 aromatic rings. The fourth-order valence-electron chi connectivity index (χ4n) is 9.46. The van der Waals surface area contributed by atoms with E-state index in [-0.39, 0.29) is 31.5 Å². The van der Waals surface area contributed by atoms with Crippen molar-refractivity contribution in [3.05, 3.63) is 134 Å². The Morgan fingerprint density at radius 2 is 0.744 bits per heavy atom. The average Bonchev–Trinajstić information content (AvgIpc) is 3.69. The number of hydrogen-bond acceptors (Lipinski definition) is 6. The molecule has 10 heteroatoms. The SMILES string of the molecule is CC/C=C\C/C=C\C/C=C\C/C=C\C/C=C\C/C=C\CCCCC(=O)OC(/C=C\CCCCCCCCCCCC)C(COP(=O)(O)OCC[N+](C)(C)C)NC(=O)CCCCCCCCCCCCC/C=C\C/C=C\C/C=C\C/C=C\CCCCC. The topological polar surface area (TPSA) is 111 Å². The molecule has 0 saturated heterocycles. The quantitative estimate of drug-likeness (QED) is 0.0205. The van der Waals surface area contributed by atoms with E-state index < -0.39 is 20.0 Å². The number of likely N-dealkylation sites (N-methyl/N-ethyl adjacent to an activating group) is 1. The summed E-state index contributed by atoms with van der Waals surface area (Å²) in [6.07, 6.45) is 91.8. The predicted octanol–water partition coefficient (Wildman–Crippen LogP) is 22.4. The Morgan fingerprint density at radius 3 is 1.15 bits per heavy atom. The number of hydrogen-bond donors (Lipinski definition) is 2. The number of ether oxygens (including phenoxy) is 1. The van der Waals surface area contributed by atoms with Crippen molar-refractivity contribution in [1.82, 2.24) is 5.32 Å². The van der Waals surface area contributed by atoms with Crippen LogP contribution in [0.1, 0.15) is 284 Å². The van der Waals surface area contributed by atoms with Crippen molar-refractivity contribution in [2.75, 3.05) is 40.9 Å². The third-order valence-corrected chi connectivity index (χ3v) is 15.8. The summed E-state index contributed by atoms with van der Waals surface area (Å²) in [5.74, 6) is -0.564. The Morgan fingerprint density at radius 1 is 0.419 bits per heavy atom. The normalized spacial score (nSPS) is 14.4. The predicted molar refractivity (Wildman–Crippen MR) is 373 cm³/mol. The zero-order valence-corrected chi connectivity index (χ0v) is 57.2. The van der Waals surface area contributed by atoms with Crippen LogP contribution in [0, 0.1) is 0 Å². The van der Waals surface area contributed by atoms with Gasteiger partial charge in [-0.2, -0.15) is 0 Å². The summed E-state index contributed by atoms with van der Waals surface area (Å²) in [7, 11) is 1.45. The lowest BCUT2D eigenvalue weighted by atomic mass is 10.0. The van der Waals surface area contributed by atoms with E-state index in [0.717, 1.165) is 116 Å². The van der Waals surface area contributed by atoms with Gasteiger partial charge in [-0.3, -0.25) is 18.6 Å². The van der Waals surface area contributed by atoms with E-state index in [0.29, 0.717) is 23.9 Å². The molecule has 0 aromatic carbocycles. The van der Waals surface area contributed by atoms with Gasteiger partial charge in [0.1, 0.15) is 19.3 Å². The minimum absolute atomic E-state index is 0.0257. The molecular weight excluding hydrogens is 1080 g/mol. The zero-order valence-electron chi connectivity index (χ0n) is 56.3. The molecule has 9 nitrogen and oxygen atoms in total. The molecule has 0 aliphatic heterocycles. The van der Waals surface area contributed by atoms with Gasteiger partial charge < -0.3 is 19.4 Å². The van der Waals surface area contributed by atoms with E-state index in [9.17, 15) is 19.0 Å². The number of phosphoric acid groups is 1. The van der Waals surface area contributed by atoms with E-state index in [4.69, 9.17) is 13.8 Å². The Hall–Kier alpha value is -3.85. The highest BCUT2D eigenvalue weighted by molar-refractivity contribution is 7.47. The van der Waals surface area contributed by atoms with Crippen molar-refractivity contribution in [1.29, 1.82) is 0 Å². The number of quaternary nitrogens is 1. The van der Waals surface area contributed by atoms with Crippen molar-refractivity contribution < 1.29 is 37.3 Å². The molecule has 0 aromatic heterocycles. The van der Waals surface area contributed by atoms with Gasteiger partial charge in [-0.15, -0.1) is 0 Å². The maximum atomic E-state index is 13.6. The Labute approximate surface area is 530 Å². The largest absolute Gasteiger partial charge is 0.472 e. The number of phosphoric ester groups is 1. The van der Waals surface area contributed by atoms with Crippen LogP contribution in [0.4, 0.5) is 0 Å². The van der Waals surface area contributed by atoms with Gasteiger partial charge in [0, 0.05) is 12.8 Å². The molecule has 86 heavy (non-hydrogen) atoms. The Bertz CT molecular complexity index is 1930. The van der Waals surface area contributed by atoms with Crippen LogP contribution < -0.4 is 5.32 Å². The molecule has 0 radical (unpaired) electrons. The van der Waals surface area contributed by atoms with Gasteiger partial charge in [-0.1, -0.05) is 277 Å². The van der Waals surface area contributed by atoms with E-state index in [1.54, 1.807) is 0 Å².